The average molecular weight is 263 g/mol. The van der Waals surface area contributed by atoms with E-state index >= 15 is 0 Å². The first-order valence-corrected chi connectivity index (χ1v) is 6.11. The summed E-state index contributed by atoms with van der Waals surface area (Å²) >= 11 is 0. The van der Waals surface area contributed by atoms with E-state index in [1.165, 1.54) is 6.92 Å². The Morgan fingerprint density at radius 1 is 1.47 bits per heavy atom. The number of aliphatic hydroxyl groups excluding tert-OH is 2. The average Bonchev–Trinajstić information content (AvgIpc) is 2.84. The number of hydrogen-bond donors (Lipinski definition) is 4. The predicted molar refractivity (Wildman–Crippen MR) is 70.4 cm³/mol. The third-order valence-corrected chi connectivity index (χ3v) is 2.96. The van der Waals surface area contributed by atoms with Crippen LogP contribution in [0, 0.1) is 0 Å². The molecule has 2 atom stereocenters. The zero-order valence-corrected chi connectivity index (χ0v) is 10.6. The van der Waals surface area contributed by atoms with Crippen molar-refractivity contribution in [3.05, 3.63) is 30.1 Å². The van der Waals surface area contributed by atoms with Gasteiger partial charge in [0.1, 0.15) is 6.10 Å². The molecule has 6 heteroatoms. The number of hydrogen-bond acceptors (Lipinski definition) is 4. The van der Waals surface area contributed by atoms with Gasteiger partial charge in [0.05, 0.1) is 23.5 Å². The Bertz CT molecular complexity index is 567. The summed E-state index contributed by atoms with van der Waals surface area (Å²) in [7, 11) is 0. The summed E-state index contributed by atoms with van der Waals surface area (Å²) in [5, 5.41) is 22.5. The fourth-order valence-electron chi connectivity index (χ4n) is 1.91. The molecule has 0 bridgehead atoms. The zero-order chi connectivity index (χ0) is 13.8. The van der Waals surface area contributed by atoms with Gasteiger partial charge >= 0.3 is 0 Å². The molecule has 0 fully saturated rings. The summed E-state index contributed by atoms with van der Waals surface area (Å²) in [6.07, 6.45) is -0.0378. The highest BCUT2D eigenvalue weighted by Gasteiger charge is 2.18. The first kappa shape index (κ1) is 13.5. The molecular weight excluding hydrogens is 246 g/mol. The van der Waals surface area contributed by atoms with Gasteiger partial charge < -0.3 is 20.5 Å². The number of aromatic amines is 1. The molecule has 102 valence electrons. The fraction of sp³-hybridized carbons (Fsp3) is 0.385. The van der Waals surface area contributed by atoms with Crippen LogP contribution in [-0.4, -0.2) is 38.7 Å². The summed E-state index contributed by atoms with van der Waals surface area (Å²) in [6, 6.07) is 5.27. The molecule has 1 heterocycles. The first-order chi connectivity index (χ1) is 9.08. The topological polar surface area (TPSA) is 98.2 Å². The monoisotopic (exact) mass is 263 g/mol. The molecule has 2 rings (SSSR count). The van der Waals surface area contributed by atoms with Crippen molar-refractivity contribution in [2.75, 3.05) is 6.54 Å². The van der Waals surface area contributed by atoms with Crippen molar-refractivity contribution >= 4 is 16.9 Å². The normalized spacial score (nSPS) is 14.3. The second-order valence-electron chi connectivity index (χ2n) is 4.46. The zero-order valence-electron chi connectivity index (χ0n) is 10.6. The number of fused-ring (bicyclic) bond motifs is 1. The number of nitrogens with one attached hydrogen (secondary N) is 2. The van der Waals surface area contributed by atoms with Crippen molar-refractivity contribution in [2.45, 2.75) is 25.6 Å². The molecule has 0 radical (unpaired) electrons. The Kier molecular flexibility index (Phi) is 4.13. The summed E-state index contributed by atoms with van der Waals surface area (Å²) in [5.41, 5.74) is 2.24. The Morgan fingerprint density at radius 3 is 3.00 bits per heavy atom. The predicted octanol–water partition coefficient (Wildman–Crippen LogP) is 0.483. The highest BCUT2D eigenvalue weighted by molar-refractivity contribution is 5.75. The molecule has 0 aliphatic heterocycles. The summed E-state index contributed by atoms with van der Waals surface area (Å²) in [6.45, 7) is 1.74. The molecule has 0 aliphatic carbocycles. The van der Waals surface area contributed by atoms with Crippen molar-refractivity contribution in [2.24, 2.45) is 0 Å². The smallest absolute Gasteiger partial charge is 0.216 e. The van der Waals surface area contributed by atoms with Crippen molar-refractivity contribution in [3.63, 3.8) is 0 Å². The van der Waals surface area contributed by atoms with Gasteiger partial charge in [-0.05, 0) is 24.1 Å². The van der Waals surface area contributed by atoms with E-state index in [1.807, 2.05) is 0 Å². The van der Waals surface area contributed by atoms with Crippen molar-refractivity contribution in [3.8, 4) is 0 Å². The molecule has 2 aromatic rings. The lowest BCUT2D eigenvalue weighted by Crippen LogP contribution is -2.27. The third-order valence-electron chi connectivity index (χ3n) is 2.96. The van der Waals surface area contributed by atoms with E-state index in [0.717, 1.165) is 11.0 Å². The molecule has 1 aromatic heterocycles. The Labute approximate surface area is 110 Å². The maximum atomic E-state index is 10.7. The molecule has 4 N–H and O–H groups in total. The standard InChI is InChI=1S/C13H17N3O3/c1-8(17)14-5-4-12(18)13(19)9-2-3-10-11(6-9)16-7-15-10/h2-3,6-7,12-13,18-19H,4-5H2,1H3,(H,14,17)(H,15,16). The number of H-pyrrole nitrogens is 1. The fourth-order valence-corrected chi connectivity index (χ4v) is 1.91. The van der Waals surface area contributed by atoms with Gasteiger partial charge in [-0.1, -0.05) is 6.07 Å². The largest absolute Gasteiger partial charge is 0.390 e. The number of rotatable bonds is 5. The molecule has 2 unspecified atom stereocenters. The van der Waals surface area contributed by atoms with E-state index in [-0.39, 0.29) is 5.91 Å². The van der Waals surface area contributed by atoms with Crippen LogP contribution in [-0.2, 0) is 4.79 Å². The maximum absolute atomic E-state index is 10.7. The number of carbonyl (C=O) groups is 1. The number of nitrogens with zero attached hydrogens (tertiary/aromatic N) is 1. The molecule has 0 spiro atoms. The molecule has 0 saturated carbocycles. The third kappa shape index (κ3) is 3.30. The van der Waals surface area contributed by atoms with E-state index < -0.39 is 12.2 Å². The van der Waals surface area contributed by atoms with Crippen LogP contribution >= 0.6 is 0 Å². The van der Waals surface area contributed by atoms with E-state index in [1.54, 1.807) is 24.5 Å². The summed E-state index contributed by atoms with van der Waals surface area (Å²) in [4.78, 5) is 17.8. The van der Waals surface area contributed by atoms with Crippen LogP contribution < -0.4 is 5.32 Å². The van der Waals surface area contributed by atoms with Gasteiger partial charge in [-0.15, -0.1) is 0 Å². The lowest BCUT2D eigenvalue weighted by atomic mass is 10.0. The molecule has 0 saturated heterocycles. The Hall–Kier alpha value is -1.92. The van der Waals surface area contributed by atoms with Crippen LogP contribution in [0.2, 0.25) is 0 Å². The van der Waals surface area contributed by atoms with Crippen molar-refractivity contribution in [1.82, 2.24) is 15.3 Å². The number of aliphatic hydroxyl groups is 2. The summed E-state index contributed by atoms with van der Waals surface area (Å²) < 4.78 is 0. The highest BCUT2D eigenvalue weighted by Crippen LogP contribution is 2.21. The van der Waals surface area contributed by atoms with Crippen LogP contribution in [0.1, 0.15) is 25.0 Å². The van der Waals surface area contributed by atoms with E-state index in [9.17, 15) is 15.0 Å². The molecule has 0 aliphatic rings. The highest BCUT2D eigenvalue weighted by atomic mass is 16.3. The van der Waals surface area contributed by atoms with Crippen LogP contribution in [0.5, 0.6) is 0 Å². The molecule has 1 aromatic carbocycles. The molecule has 6 nitrogen and oxygen atoms in total. The van der Waals surface area contributed by atoms with Gasteiger partial charge in [-0.3, -0.25) is 4.79 Å². The Balaban J connectivity index is 2.01. The SMILES string of the molecule is CC(=O)NCCC(O)C(O)c1ccc2nc[nH]c2c1. The lowest BCUT2D eigenvalue weighted by molar-refractivity contribution is -0.119. The van der Waals surface area contributed by atoms with E-state index in [4.69, 9.17) is 0 Å². The number of amides is 1. The number of imidazole rings is 1. The molecule has 19 heavy (non-hydrogen) atoms. The van der Waals surface area contributed by atoms with Crippen LogP contribution in [0.25, 0.3) is 11.0 Å². The van der Waals surface area contributed by atoms with Gasteiger partial charge in [-0.2, -0.15) is 0 Å². The second-order valence-corrected chi connectivity index (χ2v) is 4.46. The van der Waals surface area contributed by atoms with Gasteiger partial charge in [0.15, 0.2) is 0 Å². The molecule has 1 amide bonds. The van der Waals surface area contributed by atoms with Gasteiger partial charge in [-0.25, -0.2) is 4.98 Å². The van der Waals surface area contributed by atoms with Gasteiger partial charge in [0, 0.05) is 13.5 Å². The first-order valence-electron chi connectivity index (χ1n) is 6.11. The van der Waals surface area contributed by atoms with Crippen LogP contribution in [0.3, 0.4) is 0 Å². The van der Waals surface area contributed by atoms with Gasteiger partial charge in [0.2, 0.25) is 5.91 Å². The van der Waals surface area contributed by atoms with Crippen LogP contribution in [0.4, 0.5) is 0 Å². The number of benzene rings is 1. The van der Waals surface area contributed by atoms with E-state index in [0.29, 0.717) is 18.5 Å². The lowest BCUT2D eigenvalue weighted by Gasteiger charge is -2.18. The summed E-state index contributed by atoms with van der Waals surface area (Å²) in [5.74, 6) is -0.152. The Morgan fingerprint density at radius 2 is 2.26 bits per heavy atom. The number of carbonyl (C=O) groups excluding carboxylic acids is 1. The van der Waals surface area contributed by atoms with Crippen molar-refractivity contribution < 1.29 is 15.0 Å². The quantitative estimate of drug-likeness (QED) is 0.630. The van der Waals surface area contributed by atoms with E-state index in [2.05, 4.69) is 15.3 Å². The van der Waals surface area contributed by atoms with Gasteiger partial charge in [0.25, 0.3) is 0 Å². The minimum atomic E-state index is -0.985. The maximum Gasteiger partial charge on any atom is 0.216 e. The van der Waals surface area contributed by atoms with Crippen molar-refractivity contribution in [1.29, 1.82) is 0 Å². The van der Waals surface area contributed by atoms with Crippen LogP contribution in [0.15, 0.2) is 24.5 Å². The minimum Gasteiger partial charge on any atom is -0.390 e. The second kappa shape index (κ2) is 5.81. The number of aromatic nitrogens is 2. The molecular formula is C13H17N3O3. The minimum absolute atomic E-state index is 0.152.